The lowest BCUT2D eigenvalue weighted by atomic mass is 10.1. The van der Waals surface area contributed by atoms with Gasteiger partial charge in [-0.3, -0.25) is 4.90 Å². The molecule has 4 nitrogen and oxygen atoms in total. The number of nitrogens with zero attached hydrogens (tertiary/aromatic N) is 1. The average Bonchev–Trinajstić information content (AvgIpc) is 2.63. The van der Waals surface area contributed by atoms with Crippen LogP contribution in [0.5, 0.6) is 0 Å². The molecule has 5 heteroatoms. The highest BCUT2D eigenvalue weighted by atomic mass is 32.2. The van der Waals surface area contributed by atoms with Crippen LogP contribution in [0.15, 0.2) is 29.2 Å². The summed E-state index contributed by atoms with van der Waals surface area (Å²) in [6.07, 6.45) is 3.60. The maximum atomic E-state index is 11.4. The van der Waals surface area contributed by atoms with E-state index in [9.17, 15) is 8.42 Å². The van der Waals surface area contributed by atoms with Crippen LogP contribution >= 0.6 is 0 Å². The van der Waals surface area contributed by atoms with Gasteiger partial charge < -0.3 is 5.32 Å². The number of hydrogen-bond acceptors (Lipinski definition) is 4. The molecule has 1 aliphatic rings. The topological polar surface area (TPSA) is 49.4 Å². The molecule has 0 saturated carbocycles. The first-order chi connectivity index (χ1) is 9.49. The smallest absolute Gasteiger partial charge is 0.175 e. The lowest BCUT2D eigenvalue weighted by molar-refractivity contribution is 0.281. The maximum absolute atomic E-state index is 11.4. The molecule has 1 saturated heterocycles. The van der Waals surface area contributed by atoms with Gasteiger partial charge in [0.15, 0.2) is 9.84 Å². The average molecular weight is 296 g/mol. The van der Waals surface area contributed by atoms with Crippen LogP contribution in [0.2, 0.25) is 0 Å². The third-order valence-corrected chi connectivity index (χ3v) is 5.03. The van der Waals surface area contributed by atoms with E-state index in [-0.39, 0.29) is 0 Å². The molecule has 0 aliphatic carbocycles. The van der Waals surface area contributed by atoms with Crippen molar-refractivity contribution in [3.63, 3.8) is 0 Å². The van der Waals surface area contributed by atoms with Gasteiger partial charge >= 0.3 is 0 Å². The molecular weight excluding hydrogens is 272 g/mol. The Bertz CT molecular complexity index is 525. The van der Waals surface area contributed by atoms with Crippen molar-refractivity contribution in [3.05, 3.63) is 29.8 Å². The Kier molecular flexibility index (Phi) is 5.18. The summed E-state index contributed by atoms with van der Waals surface area (Å²) < 4.78 is 22.9. The largest absolute Gasteiger partial charge is 0.313 e. The summed E-state index contributed by atoms with van der Waals surface area (Å²) in [6.45, 7) is 6.28. The Balaban J connectivity index is 1.96. The molecule has 1 atom stereocenters. The minimum Gasteiger partial charge on any atom is -0.313 e. The number of rotatable bonds is 4. The third kappa shape index (κ3) is 4.30. The van der Waals surface area contributed by atoms with E-state index >= 15 is 0 Å². The molecule has 1 fully saturated rings. The van der Waals surface area contributed by atoms with Crippen molar-refractivity contribution >= 4 is 9.84 Å². The number of sulfone groups is 1. The van der Waals surface area contributed by atoms with Crippen LogP contribution in [0.25, 0.3) is 0 Å². The van der Waals surface area contributed by atoms with E-state index in [2.05, 4.69) is 17.1 Å². The lowest BCUT2D eigenvalue weighted by Crippen LogP contribution is -2.29. The molecule has 0 spiro atoms. The van der Waals surface area contributed by atoms with E-state index in [4.69, 9.17) is 0 Å². The zero-order valence-electron chi connectivity index (χ0n) is 12.3. The highest BCUT2D eigenvalue weighted by Gasteiger charge is 2.15. The summed E-state index contributed by atoms with van der Waals surface area (Å²) in [5.74, 6) is 0. The Morgan fingerprint density at radius 3 is 2.55 bits per heavy atom. The maximum Gasteiger partial charge on any atom is 0.175 e. The minimum atomic E-state index is -3.09. The van der Waals surface area contributed by atoms with Crippen LogP contribution in [-0.4, -0.2) is 45.2 Å². The lowest BCUT2D eigenvalue weighted by Gasteiger charge is -2.19. The van der Waals surface area contributed by atoms with E-state index in [1.54, 1.807) is 12.1 Å². The first-order valence-corrected chi connectivity index (χ1v) is 9.13. The summed E-state index contributed by atoms with van der Waals surface area (Å²) in [5.41, 5.74) is 1.17. The first-order valence-electron chi connectivity index (χ1n) is 7.24. The monoisotopic (exact) mass is 296 g/mol. The van der Waals surface area contributed by atoms with Crippen molar-refractivity contribution in [2.75, 3.05) is 25.9 Å². The summed E-state index contributed by atoms with van der Waals surface area (Å²) in [4.78, 5) is 2.82. The molecule has 0 aromatic heterocycles. The van der Waals surface area contributed by atoms with Gasteiger partial charge in [0.25, 0.3) is 0 Å². The zero-order valence-corrected chi connectivity index (χ0v) is 13.1. The van der Waals surface area contributed by atoms with Crippen LogP contribution in [-0.2, 0) is 16.4 Å². The fourth-order valence-electron chi connectivity index (χ4n) is 2.59. The van der Waals surface area contributed by atoms with Gasteiger partial charge in [0.05, 0.1) is 4.90 Å². The molecule has 0 amide bonds. The molecule has 1 aliphatic heterocycles. The molecule has 1 aromatic carbocycles. The minimum absolute atomic E-state index is 0.393. The first kappa shape index (κ1) is 15.5. The van der Waals surface area contributed by atoms with Gasteiger partial charge in [-0.15, -0.1) is 0 Å². The van der Waals surface area contributed by atoms with Crippen molar-refractivity contribution in [1.82, 2.24) is 10.2 Å². The Morgan fingerprint density at radius 1 is 1.25 bits per heavy atom. The van der Waals surface area contributed by atoms with Crippen molar-refractivity contribution in [2.45, 2.75) is 37.2 Å². The molecular formula is C15H24N2O2S. The molecule has 2 rings (SSSR count). The van der Waals surface area contributed by atoms with Gasteiger partial charge in [0, 0.05) is 38.5 Å². The fraction of sp³-hybridized carbons (Fsp3) is 0.600. The quantitative estimate of drug-likeness (QED) is 0.918. The second-order valence-electron chi connectivity index (χ2n) is 5.54. The van der Waals surface area contributed by atoms with Crippen LogP contribution in [0, 0.1) is 0 Å². The second-order valence-corrected chi connectivity index (χ2v) is 7.56. The summed E-state index contributed by atoms with van der Waals surface area (Å²) in [6, 6.07) is 7.89. The van der Waals surface area contributed by atoms with Crippen molar-refractivity contribution in [3.8, 4) is 0 Å². The van der Waals surface area contributed by atoms with Crippen molar-refractivity contribution < 1.29 is 8.42 Å². The zero-order chi connectivity index (χ0) is 14.6. The SMILES string of the molecule is CCC1CCN(Cc2ccc(S(C)(=O)=O)cc2)CCN1. The Morgan fingerprint density at radius 2 is 1.95 bits per heavy atom. The van der Waals surface area contributed by atoms with Gasteiger partial charge in [0.1, 0.15) is 0 Å². The molecule has 0 radical (unpaired) electrons. The Hall–Kier alpha value is -0.910. The molecule has 20 heavy (non-hydrogen) atoms. The molecule has 1 unspecified atom stereocenters. The van der Waals surface area contributed by atoms with Gasteiger partial charge in [0.2, 0.25) is 0 Å². The van der Waals surface area contributed by atoms with Gasteiger partial charge in [-0.1, -0.05) is 19.1 Å². The predicted molar refractivity (Wildman–Crippen MR) is 81.5 cm³/mol. The van der Waals surface area contributed by atoms with E-state index in [1.807, 2.05) is 12.1 Å². The molecule has 0 bridgehead atoms. The number of benzene rings is 1. The summed E-state index contributed by atoms with van der Waals surface area (Å²) >= 11 is 0. The molecule has 1 N–H and O–H groups in total. The fourth-order valence-corrected chi connectivity index (χ4v) is 3.22. The van der Waals surface area contributed by atoms with E-state index in [0.29, 0.717) is 10.9 Å². The predicted octanol–water partition coefficient (Wildman–Crippen LogP) is 1.66. The van der Waals surface area contributed by atoms with Gasteiger partial charge in [-0.25, -0.2) is 8.42 Å². The highest BCUT2D eigenvalue weighted by Crippen LogP contribution is 2.13. The van der Waals surface area contributed by atoms with Crippen LogP contribution in [0.4, 0.5) is 0 Å². The second kappa shape index (κ2) is 6.70. The van der Waals surface area contributed by atoms with Crippen LogP contribution < -0.4 is 5.32 Å². The van der Waals surface area contributed by atoms with Gasteiger partial charge in [-0.05, 0) is 30.5 Å². The number of nitrogens with one attached hydrogen (secondary N) is 1. The van der Waals surface area contributed by atoms with Crippen molar-refractivity contribution in [2.24, 2.45) is 0 Å². The molecule has 1 aromatic rings. The normalized spacial score (nSPS) is 21.6. The third-order valence-electron chi connectivity index (χ3n) is 3.91. The summed E-state index contributed by atoms with van der Waals surface area (Å²) in [7, 11) is -3.09. The van der Waals surface area contributed by atoms with E-state index in [0.717, 1.165) is 26.2 Å². The van der Waals surface area contributed by atoms with E-state index < -0.39 is 9.84 Å². The number of hydrogen-bond donors (Lipinski definition) is 1. The summed E-state index contributed by atoms with van der Waals surface area (Å²) in [5, 5.41) is 3.56. The van der Waals surface area contributed by atoms with Crippen molar-refractivity contribution in [1.29, 1.82) is 0 Å². The molecule has 1 heterocycles. The van der Waals surface area contributed by atoms with E-state index in [1.165, 1.54) is 24.7 Å². The Labute approximate surface area is 122 Å². The molecule has 112 valence electrons. The van der Waals surface area contributed by atoms with Crippen LogP contribution in [0.1, 0.15) is 25.3 Å². The highest BCUT2D eigenvalue weighted by molar-refractivity contribution is 7.90. The standard InChI is InChI=1S/C15H24N2O2S/c1-3-14-8-10-17(11-9-16-14)12-13-4-6-15(7-5-13)20(2,18)19/h4-7,14,16H,3,8-12H2,1-2H3. The van der Waals surface area contributed by atoms with Gasteiger partial charge in [-0.2, -0.15) is 0 Å². The van der Waals surface area contributed by atoms with Crippen LogP contribution in [0.3, 0.4) is 0 Å².